The second-order valence-electron chi connectivity index (χ2n) is 2.91. The van der Waals surface area contributed by atoms with Gasteiger partial charge in [-0.15, -0.1) is 11.8 Å². The number of nitrogens with one attached hydrogen (secondary N) is 1. The predicted molar refractivity (Wildman–Crippen MR) is 46.1 cm³/mol. The molecule has 0 aromatic carbocycles. The lowest BCUT2D eigenvalue weighted by Crippen LogP contribution is -2.35. The quantitative estimate of drug-likeness (QED) is 0.613. The molecule has 1 unspecified atom stereocenters. The van der Waals surface area contributed by atoms with Gasteiger partial charge in [-0.25, -0.2) is 0 Å². The molecule has 1 amide bonds. The van der Waals surface area contributed by atoms with E-state index in [0.29, 0.717) is 12.3 Å². The summed E-state index contributed by atoms with van der Waals surface area (Å²) in [6.45, 7) is 2.15. The zero-order valence-electron chi connectivity index (χ0n) is 6.79. The molecule has 0 aromatic heterocycles. The van der Waals surface area contributed by atoms with E-state index in [1.807, 2.05) is 0 Å². The summed E-state index contributed by atoms with van der Waals surface area (Å²) in [5.41, 5.74) is 0. The second kappa shape index (κ2) is 3.35. The number of rotatable bonds is 1. The third-order valence-corrected chi connectivity index (χ3v) is 3.16. The normalized spacial score (nSPS) is 30.6. The maximum atomic E-state index is 11.0. The average Bonchev–Trinajstić information content (AvgIpc) is 2.12. The van der Waals surface area contributed by atoms with Crippen molar-refractivity contribution in [1.29, 1.82) is 0 Å². The number of hydrogen-bond acceptors (Lipinski definition) is 3. The van der Waals surface area contributed by atoms with Crippen LogP contribution in [-0.2, 0) is 9.59 Å². The summed E-state index contributed by atoms with van der Waals surface area (Å²) >= 11 is 1.32. The van der Waals surface area contributed by atoms with Gasteiger partial charge in [0.2, 0.25) is 5.91 Å². The number of carboxylic acid groups (broad SMARTS) is 1. The molecular weight excluding hydrogens is 178 g/mol. The molecule has 1 aliphatic rings. The molecule has 5 heteroatoms. The average molecular weight is 189 g/mol. The first kappa shape index (κ1) is 9.38. The highest BCUT2D eigenvalue weighted by molar-refractivity contribution is 8.01. The first-order chi connectivity index (χ1) is 5.54. The van der Waals surface area contributed by atoms with Crippen LogP contribution in [0.1, 0.15) is 13.3 Å². The molecule has 1 saturated heterocycles. The van der Waals surface area contributed by atoms with Crippen LogP contribution < -0.4 is 5.32 Å². The van der Waals surface area contributed by atoms with Crippen LogP contribution in [0.2, 0.25) is 0 Å². The molecule has 4 nitrogen and oxygen atoms in total. The molecule has 12 heavy (non-hydrogen) atoms. The van der Waals surface area contributed by atoms with Crippen molar-refractivity contribution in [3.05, 3.63) is 0 Å². The Hall–Kier alpha value is -0.710. The summed E-state index contributed by atoms with van der Waals surface area (Å²) in [7, 11) is 0. The summed E-state index contributed by atoms with van der Waals surface area (Å²) in [5.74, 6) is -0.427. The molecule has 1 aliphatic heterocycles. The number of carboxylic acids is 1. The molecule has 1 rings (SSSR count). The molecule has 0 saturated carbocycles. The van der Waals surface area contributed by atoms with E-state index in [1.54, 1.807) is 6.92 Å². The Morgan fingerprint density at radius 2 is 2.42 bits per heavy atom. The fourth-order valence-electron chi connectivity index (χ4n) is 1.02. The lowest BCUT2D eigenvalue weighted by molar-refractivity contribution is -0.141. The lowest BCUT2D eigenvalue weighted by atomic mass is 10.1. The predicted octanol–water partition coefficient (Wildman–Crippen LogP) is 0.0828. The van der Waals surface area contributed by atoms with Gasteiger partial charge in [0.25, 0.3) is 0 Å². The van der Waals surface area contributed by atoms with Gasteiger partial charge in [0.1, 0.15) is 4.75 Å². The van der Waals surface area contributed by atoms with Crippen molar-refractivity contribution >= 4 is 23.6 Å². The van der Waals surface area contributed by atoms with Gasteiger partial charge in [0.05, 0.1) is 6.42 Å². The van der Waals surface area contributed by atoms with Gasteiger partial charge >= 0.3 is 5.97 Å². The van der Waals surface area contributed by atoms with Gasteiger partial charge in [-0.1, -0.05) is 0 Å². The van der Waals surface area contributed by atoms with Crippen molar-refractivity contribution in [3.63, 3.8) is 0 Å². The fourth-order valence-corrected chi connectivity index (χ4v) is 2.04. The van der Waals surface area contributed by atoms with Crippen LogP contribution in [0, 0.1) is 0 Å². The van der Waals surface area contributed by atoms with E-state index < -0.39 is 10.7 Å². The topological polar surface area (TPSA) is 66.4 Å². The molecule has 0 aliphatic carbocycles. The summed E-state index contributed by atoms with van der Waals surface area (Å²) in [6, 6.07) is 0. The Kier molecular flexibility index (Phi) is 2.62. The Bertz CT molecular complexity index is 219. The van der Waals surface area contributed by atoms with E-state index in [9.17, 15) is 9.59 Å². The minimum Gasteiger partial charge on any atom is -0.480 e. The van der Waals surface area contributed by atoms with Crippen LogP contribution in [0.15, 0.2) is 0 Å². The van der Waals surface area contributed by atoms with Crippen molar-refractivity contribution in [3.8, 4) is 0 Å². The van der Waals surface area contributed by atoms with E-state index in [0.717, 1.165) is 0 Å². The van der Waals surface area contributed by atoms with Crippen LogP contribution in [0.4, 0.5) is 0 Å². The first-order valence-corrected chi connectivity index (χ1v) is 4.67. The monoisotopic (exact) mass is 189 g/mol. The molecule has 0 bridgehead atoms. The molecule has 1 fully saturated rings. The van der Waals surface area contributed by atoms with Crippen LogP contribution >= 0.6 is 11.8 Å². The Morgan fingerprint density at radius 3 is 3.00 bits per heavy atom. The van der Waals surface area contributed by atoms with Crippen molar-refractivity contribution < 1.29 is 14.7 Å². The molecule has 1 heterocycles. The van der Waals surface area contributed by atoms with E-state index in [1.165, 1.54) is 11.8 Å². The van der Waals surface area contributed by atoms with Gasteiger partial charge in [-0.2, -0.15) is 0 Å². The third kappa shape index (κ3) is 1.91. The number of amides is 1. The number of hydrogen-bond donors (Lipinski definition) is 2. The maximum Gasteiger partial charge on any atom is 0.320 e. The van der Waals surface area contributed by atoms with E-state index in [-0.39, 0.29) is 12.3 Å². The summed E-state index contributed by atoms with van der Waals surface area (Å²) in [6.07, 6.45) is 0.0625. The molecule has 68 valence electrons. The number of carbonyl (C=O) groups excluding carboxylic acids is 1. The standard InChI is InChI=1S/C7H11NO3S/c1-7(6(10)11)4-5(9)8-2-3-12-7/h2-4H2,1H3,(H,8,9)(H,10,11). The van der Waals surface area contributed by atoms with Crippen molar-refractivity contribution in [2.24, 2.45) is 0 Å². The molecule has 0 spiro atoms. The van der Waals surface area contributed by atoms with E-state index >= 15 is 0 Å². The second-order valence-corrected chi connectivity index (χ2v) is 4.51. The smallest absolute Gasteiger partial charge is 0.320 e. The molecular formula is C7H11NO3S. The molecule has 1 atom stereocenters. The molecule has 2 N–H and O–H groups in total. The Morgan fingerprint density at radius 1 is 1.75 bits per heavy atom. The largest absolute Gasteiger partial charge is 0.480 e. The highest BCUT2D eigenvalue weighted by atomic mass is 32.2. The third-order valence-electron chi connectivity index (χ3n) is 1.80. The lowest BCUT2D eigenvalue weighted by Gasteiger charge is -2.19. The van der Waals surface area contributed by atoms with Crippen LogP contribution in [0.3, 0.4) is 0 Å². The van der Waals surface area contributed by atoms with Gasteiger partial charge in [0.15, 0.2) is 0 Å². The fraction of sp³-hybridized carbons (Fsp3) is 0.714. The first-order valence-electron chi connectivity index (χ1n) is 3.69. The van der Waals surface area contributed by atoms with E-state index in [4.69, 9.17) is 5.11 Å². The number of aliphatic carboxylic acids is 1. The van der Waals surface area contributed by atoms with Crippen molar-refractivity contribution in [2.45, 2.75) is 18.1 Å². The van der Waals surface area contributed by atoms with Gasteiger partial charge < -0.3 is 10.4 Å². The van der Waals surface area contributed by atoms with Gasteiger partial charge in [-0.3, -0.25) is 9.59 Å². The minimum absolute atomic E-state index is 0.0625. The zero-order valence-corrected chi connectivity index (χ0v) is 7.61. The van der Waals surface area contributed by atoms with Crippen LogP contribution in [0.25, 0.3) is 0 Å². The maximum absolute atomic E-state index is 11.0. The highest BCUT2D eigenvalue weighted by Crippen LogP contribution is 2.30. The Balaban J connectivity index is 2.74. The SMILES string of the molecule is CC1(C(=O)O)CC(=O)NCCS1. The van der Waals surface area contributed by atoms with E-state index in [2.05, 4.69) is 5.32 Å². The number of carbonyl (C=O) groups is 2. The van der Waals surface area contributed by atoms with Crippen LogP contribution in [0.5, 0.6) is 0 Å². The van der Waals surface area contributed by atoms with Gasteiger partial charge in [-0.05, 0) is 6.92 Å². The summed E-state index contributed by atoms with van der Waals surface area (Å²) < 4.78 is -0.944. The number of thioether (sulfide) groups is 1. The minimum atomic E-state index is -0.944. The molecule has 0 aromatic rings. The van der Waals surface area contributed by atoms with Gasteiger partial charge in [0, 0.05) is 12.3 Å². The summed E-state index contributed by atoms with van der Waals surface area (Å²) in [5, 5.41) is 11.5. The van der Waals surface area contributed by atoms with Crippen molar-refractivity contribution in [2.75, 3.05) is 12.3 Å². The summed E-state index contributed by atoms with van der Waals surface area (Å²) in [4.78, 5) is 21.8. The zero-order chi connectivity index (χ0) is 9.19. The molecule has 0 radical (unpaired) electrons. The van der Waals surface area contributed by atoms with Crippen molar-refractivity contribution in [1.82, 2.24) is 5.32 Å². The Labute approximate surface area is 74.7 Å². The van der Waals surface area contributed by atoms with Crippen LogP contribution in [-0.4, -0.2) is 34.0 Å². The highest BCUT2D eigenvalue weighted by Gasteiger charge is 2.37.